The fraction of sp³-hybridized carbons (Fsp3) is 0.938. The summed E-state index contributed by atoms with van der Waals surface area (Å²) in [5.74, 6) is -1.98. The second-order valence-corrected chi connectivity index (χ2v) is 13.7. The van der Waals surface area contributed by atoms with Crippen LogP contribution in [0.3, 0.4) is 0 Å². The van der Waals surface area contributed by atoms with Crippen LogP contribution in [0.15, 0.2) is 0 Å². The summed E-state index contributed by atoms with van der Waals surface area (Å²) >= 11 is 0. The van der Waals surface area contributed by atoms with E-state index in [9.17, 15) is 33.3 Å². The average molecular weight is 669 g/mol. The number of esters is 2. The van der Waals surface area contributed by atoms with Gasteiger partial charge in [-0.05, 0) is 12.8 Å². The number of aliphatic hydroxyl groups is 3. The first kappa shape index (κ1) is 41.7. The molecule has 0 aromatic rings. The number of rotatable bonds is 27. The Bertz CT molecular complexity index is 883. The molecule has 13 heteroatoms. The van der Waals surface area contributed by atoms with Gasteiger partial charge in [0.2, 0.25) is 0 Å². The highest BCUT2D eigenvalue weighted by atomic mass is 32.2. The number of hydrogen-bond acceptors (Lipinski definition) is 11. The average Bonchev–Trinajstić information content (AvgIpc) is 2.99. The number of aliphatic hydroxyl groups excluding tert-OH is 3. The van der Waals surface area contributed by atoms with E-state index in [0.29, 0.717) is 12.8 Å². The molecule has 0 bridgehead atoms. The van der Waals surface area contributed by atoms with E-state index >= 15 is 0 Å². The normalized spacial score (nSPS) is 22.7. The molecule has 4 N–H and O–H groups in total. The molecule has 1 saturated heterocycles. The third kappa shape index (κ3) is 20.5. The van der Waals surface area contributed by atoms with E-state index in [1.165, 1.54) is 57.8 Å². The van der Waals surface area contributed by atoms with E-state index in [2.05, 4.69) is 13.8 Å². The predicted molar refractivity (Wildman–Crippen MR) is 169 cm³/mol. The lowest BCUT2D eigenvalue weighted by Gasteiger charge is -2.40. The molecule has 1 fully saturated rings. The first-order chi connectivity index (χ1) is 21.5. The highest BCUT2D eigenvalue weighted by Gasteiger charge is 2.46. The van der Waals surface area contributed by atoms with Crippen molar-refractivity contribution in [3.63, 3.8) is 0 Å². The molecule has 12 nitrogen and oxygen atoms in total. The molecule has 266 valence electrons. The van der Waals surface area contributed by atoms with Crippen molar-refractivity contribution in [2.75, 3.05) is 19.0 Å². The summed E-state index contributed by atoms with van der Waals surface area (Å²) < 4.78 is 53.5. The largest absolute Gasteiger partial charge is 0.462 e. The van der Waals surface area contributed by atoms with Gasteiger partial charge in [0.05, 0.1) is 6.61 Å². The van der Waals surface area contributed by atoms with Gasteiger partial charge in [-0.2, -0.15) is 8.42 Å². The molecular formula is C32H60O12S. The molecule has 0 aromatic heterocycles. The molecule has 1 rings (SSSR count). The van der Waals surface area contributed by atoms with Crippen LogP contribution in [0.25, 0.3) is 0 Å². The van der Waals surface area contributed by atoms with Gasteiger partial charge >= 0.3 is 11.9 Å². The molecule has 0 spiro atoms. The van der Waals surface area contributed by atoms with Gasteiger partial charge in [-0.25, -0.2) is 0 Å². The Morgan fingerprint density at radius 3 is 1.62 bits per heavy atom. The lowest BCUT2D eigenvalue weighted by molar-refractivity contribution is -0.297. The maximum absolute atomic E-state index is 12.6. The molecule has 0 aliphatic carbocycles. The molecule has 45 heavy (non-hydrogen) atoms. The summed E-state index contributed by atoms with van der Waals surface area (Å²) in [6, 6.07) is 0. The van der Waals surface area contributed by atoms with Gasteiger partial charge in [-0.3, -0.25) is 14.1 Å². The highest BCUT2D eigenvalue weighted by Crippen LogP contribution is 2.24. The van der Waals surface area contributed by atoms with Crippen LogP contribution in [0.1, 0.15) is 136 Å². The van der Waals surface area contributed by atoms with Crippen LogP contribution < -0.4 is 0 Å². The van der Waals surface area contributed by atoms with Crippen molar-refractivity contribution in [3.8, 4) is 0 Å². The number of carbonyl (C=O) groups is 2. The minimum Gasteiger partial charge on any atom is -0.462 e. The van der Waals surface area contributed by atoms with Crippen LogP contribution in [0.5, 0.6) is 0 Å². The van der Waals surface area contributed by atoms with E-state index in [1.54, 1.807) is 0 Å². The summed E-state index contributed by atoms with van der Waals surface area (Å²) in [6.07, 6.45) is 9.20. The van der Waals surface area contributed by atoms with Crippen molar-refractivity contribution in [1.29, 1.82) is 0 Å². The molecule has 0 radical (unpaired) electrons. The fourth-order valence-corrected chi connectivity index (χ4v) is 5.89. The maximum Gasteiger partial charge on any atom is 0.306 e. The Balaban J connectivity index is 2.59. The number of hydrogen-bond donors (Lipinski definition) is 4. The minimum absolute atomic E-state index is 0.170. The minimum atomic E-state index is -4.58. The van der Waals surface area contributed by atoms with Gasteiger partial charge in [0, 0.05) is 12.8 Å². The number of ether oxygens (including phenoxy) is 4. The summed E-state index contributed by atoms with van der Waals surface area (Å²) in [4.78, 5) is 24.9. The fourth-order valence-electron chi connectivity index (χ4n) is 5.20. The summed E-state index contributed by atoms with van der Waals surface area (Å²) in [5, 5.41) is 30.6. The lowest BCUT2D eigenvalue weighted by Crippen LogP contribution is -2.60. The van der Waals surface area contributed by atoms with Crippen LogP contribution in [0.4, 0.5) is 0 Å². The standard InChI is InChI=1S/C32H60O12S/c1-3-5-7-9-11-12-13-15-17-19-21-28(34)43-25(22-41-27(33)20-18-16-14-10-8-6-4-2)23-42-32-31(37)30(36)29(35)26(44-32)24-45(38,39)40/h25-26,29-32,35-37H,3-24H2,1-2H3,(H,38,39,40)/t25-,26-,29-,30+,31-,32+/m1/s1. The Hall–Kier alpha value is -1.35. The lowest BCUT2D eigenvalue weighted by atomic mass is 10.00. The van der Waals surface area contributed by atoms with Gasteiger partial charge in [0.1, 0.15) is 36.8 Å². The van der Waals surface area contributed by atoms with Gasteiger partial charge in [-0.1, -0.05) is 110 Å². The van der Waals surface area contributed by atoms with Crippen molar-refractivity contribution in [2.24, 2.45) is 0 Å². The zero-order chi connectivity index (χ0) is 33.5. The van der Waals surface area contributed by atoms with Crippen molar-refractivity contribution in [3.05, 3.63) is 0 Å². The van der Waals surface area contributed by atoms with E-state index in [-0.39, 0.29) is 19.4 Å². The first-order valence-corrected chi connectivity index (χ1v) is 18.7. The van der Waals surface area contributed by atoms with Crippen LogP contribution in [0, 0.1) is 0 Å². The van der Waals surface area contributed by atoms with Crippen molar-refractivity contribution in [1.82, 2.24) is 0 Å². The van der Waals surface area contributed by atoms with Gasteiger partial charge in [-0.15, -0.1) is 0 Å². The molecule has 0 saturated carbocycles. The topological polar surface area (TPSA) is 186 Å². The second kappa shape index (κ2) is 24.8. The highest BCUT2D eigenvalue weighted by molar-refractivity contribution is 7.85. The second-order valence-electron chi connectivity index (χ2n) is 12.2. The smallest absolute Gasteiger partial charge is 0.306 e. The van der Waals surface area contributed by atoms with Crippen LogP contribution in [-0.4, -0.2) is 96.0 Å². The quantitative estimate of drug-likeness (QED) is 0.0542. The number of unbranched alkanes of at least 4 members (excludes halogenated alkanes) is 15. The SMILES string of the molecule is CCCCCCCCCCCCC(=O)O[C@H](COC(=O)CCCCCCCCC)CO[C@H]1O[C@H](CS(=O)(=O)O)[C@@H](O)[C@H](O)[C@H]1O. The molecular weight excluding hydrogens is 608 g/mol. The van der Waals surface area contributed by atoms with Crippen molar-refractivity contribution < 1.29 is 56.8 Å². The monoisotopic (exact) mass is 668 g/mol. The third-order valence-corrected chi connectivity index (χ3v) is 8.69. The zero-order valence-electron chi connectivity index (χ0n) is 27.5. The molecule has 1 heterocycles. The molecule has 1 aliphatic rings. The van der Waals surface area contributed by atoms with E-state index in [4.69, 9.17) is 23.5 Å². The van der Waals surface area contributed by atoms with Gasteiger partial charge in [0.25, 0.3) is 10.1 Å². The van der Waals surface area contributed by atoms with Crippen LogP contribution in [-0.2, 0) is 38.7 Å². The third-order valence-electron chi connectivity index (χ3n) is 7.94. The summed E-state index contributed by atoms with van der Waals surface area (Å²) in [7, 11) is -4.58. The Morgan fingerprint density at radius 2 is 1.13 bits per heavy atom. The zero-order valence-corrected chi connectivity index (χ0v) is 28.3. The van der Waals surface area contributed by atoms with E-state index in [0.717, 1.165) is 38.5 Å². The molecule has 0 unspecified atom stereocenters. The van der Waals surface area contributed by atoms with Crippen molar-refractivity contribution in [2.45, 2.75) is 173 Å². The Morgan fingerprint density at radius 1 is 0.667 bits per heavy atom. The predicted octanol–water partition coefficient (Wildman–Crippen LogP) is 4.61. The van der Waals surface area contributed by atoms with Crippen molar-refractivity contribution >= 4 is 22.1 Å². The molecule has 6 atom stereocenters. The maximum atomic E-state index is 12.6. The Kier molecular flexibility index (Phi) is 22.9. The van der Waals surface area contributed by atoms with Gasteiger partial charge in [0.15, 0.2) is 12.4 Å². The first-order valence-electron chi connectivity index (χ1n) is 17.1. The Labute approximate surface area is 270 Å². The van der Waals surface area contributed by atoms with Gasteiger partial charge < -0.3 is 34.3 Å². The molecule has 1 aliphatic heterocycles. The molecule has 0 aromatic carbocycles. The summed E-state index contributed by atoms with van der Waals surface area (Å²) in [6.45, 7) is 3.64. The van der Waals surface area contributed by atoms with Crippen LogP contribution >= 0.6 is 0 Å². The van der Waals surface area contributed by atoms with E-state index in [1.807, 2.05) is 0 Å². The molecule has 0 amide bonds. The van der Waals surface area contributed by atoms with Crippen LogP contribution in [0.2, 0.25) is 0 Å². The summed E-state index contributed by atoms with van der Waals surface area (Å²) in [5.41, 5.74) is 0. The van der Waals surface area contributed by atoms with E-state index < -0.39 is 71.2 Å². The number of carbonyl (C=O) groups excluding carboxylic acids is 2.